The number of rotatable bonds is 7. The van der Waals surface area contributed by atoms with Crippen LogP contribution in [0.25, 0.3) is 0 Å². The summed E-state index contributed by atoms with van der Waals surface area (Å²) in [4.78, 5) is 11.2. The smallest absolute Gasteiger partial charge is 0.319 e. The van der Waals surface area contributed by atoms with E-state index in [4.69, 9.17) is 9.47 Å². The lowest BCUT2D eigenvalue weighted by Crippen LogP contribution is -2.28. The van der Waals surface area contributed by atoms with Gasteiger partial charge < -0.3 is 14.8 Å². The normalized spacial score (nSPS) is 11.5. The average Bonchev–Trinajstić information content (AvgIpc) is 2.10. The third-order valence-electron chi connectivity index (χ3n) is 1.87. The third-order valence-corrected chi connectivity index (χ3v) is 1.87. The first-order chi connectivity index (χ1) is 6.95. The minimum absolute atomic E-state index is 0.199. The molecule has 0 heterocycles. The fourth-order valence-corrected chi connectivity index (χ4v) is 0.887. The summed E-state index contributed by atoms with van der Waals surface area (Å²) >= 11 is 0. The molecule has 90 valence electrons. The van der Waals surface area contributed by atoms with Crippen LogP contribution in [0.15, 0.2) is 0 Å². The Morgan fingerprint density at radius 3 is 2.47 bits per heavy atom. The van der Waals surface area contributed by atoms with Gasteiger partial charge in [0, 0.05) is 13.7 Å². The fraction of sp³-hybridized carbons (Fsp3) is 0.909. The van der Waals surface area contributed by atoms with Crippen LogP contribution in [0.5, 0.6) is 0 Å². The monoisotopic (exact) mass is 217 g/mol. The van der Waals surface area contributed by atoms with E-state index < -0.39 is 0 Å². The van der Waals surface area contributed by atoms with Crippen molar-refractivity contribution in [2.75, 3.05) is 33.4 Å². The van der Waals surface area contributed by atoms with Crippen LogP contribution >= 0.6 is 0 Å². The zero-order valence-electron chi connectivity index (χ0n) is 10.3. The number of carbonyl (C=O) groups excluding carboxylic acids is 1. The maximum absolute atomic E-state index is 11.2. The van der Waals surface area contributed by atoms with Gasteiger partial charge in [0.25, 0.3) is 0 Å². The quantitative estimate of drug-likeness (QED) is 0.514. The number of hydrogen-bond acceptors (Lipinski definition) is 4. The lowest BCUT2D eigenvalue weighted by atomic mass is 9.93. The van der Waals surface area contributed by atoms with Crippen LogP contribution in [0.4, 0.5) is 0 Å². The first-order valence-electron chi connectivity index (χ1n) is 5.31. The summed E-state index contributed by atoms with van der Waals surface area (Å²) < 4.78 is 9.89. The van der Waals surface area contributed by atoms with Crippen molar-refractivity contribution in [3.8, 4) is 0 Å². The molecule has 4 nitrogen and oxygen atoms in total. The van der Waals surface area contributed by atoms with E-state index >= 15 is 0 Å². The minimum Gasteiger partial charge on any atom is -0.465 e. The molecule has 0 saturated carbocycles. The molecule has 0 aromatic rings. The molecule has 0 unspecified atom stereocenters. The van der Waals surface area contributed by atoms with Crippen LogP contribution in [-0.2, 0) is 14.3 Å². The third kappa shape index (κ3) is 11.3. The second-order valence-corrected chi connectivity index (χ2v) is 4.70. The van der Waals surface area contributed by atoms with Crippen LogP contribution in [0.3, 0.4) is 0 Å². The maximum atomic E-state index is 11.2. The molecule has 1 N–H and O–H groups in total. The molecule has 0 aromatic carbocycles. The van der Waals surface area contributed by atoms with E-state index in [9.17, 15) is 4.79 Å². The van der Waals surface area contributed by atoms with Gasteiger partial charge in [0.05, 0.1) is 19.8 Å². The molecule has 0 rings (SSSR count). The van der Waals surface area contributed by atoms with Crippen LogP contribution in [-0.4, -0.2) is 39.4 Å². The molecular weight excluding hydrogens is 194 g/mol. The van der Waals surface area contributed by atoms with Gasteiger partial charge in [0.15, 0.2) is 0 Å². The summed E-state index contributed by atoms with van der Waals surface area (Å²) in [6.07, 6.45) is 0.886. The standard InChI is InChI=1S/C11H23NO3/c1-11(2,3)5-7-15-10(13)9-12-6-8-14-4/h12H,5-9H2,1-4H3. The minimum atomic E-state index is -0.199. The summed E-state index contributed by atoms with van der Waals surface area (Å²) in [5, 5.41) is 2.93. The Kier molecular flexibility index (Phi) is 7.34. The summed E-state index contributed by atoms with van der Waals surface area (Å²) in [5.74, 6) is -0.199. The lowest BCUT2D eigenvalue weighted by molar-refractivity contribution is -0.143. The largest absolute Gasteiger partial charge is 0.465 e. The summed E-state index contributed by atoms with van der Waals surface area (Å²) in [6.45, 7) is 8.40. The number of carbonyl (C=O) groups is 1. The highest BCUT2D eigenvalue weighted by Crippen LogP contribution is 2.17. The van der Waals surface area contributed by atoms with E-state index in [2.05, 4.69) is 26.1 Å². The molecule has 0 saturated heterocycles. The van der Waals surface area contributed by atoms with Gasteiger partial charge in [0.2, 0.25) is 0 Å². The summed E-state index contributed by atoms with van der Waals surface area (Å²) in [7, 11) is 1.63. The molecule has 0 aliphatic rings. The zero-order chi connectivity index (χ0) is 11.7. The molecule has 0 aliphatic carbocycles. The predicted octanol–water partition coefficient (Wildman–Crippen LogP) is 1.20. The van der Waals surface area contributed by atoms with Crippen molar-refractivity contribution in [2.45, 2.75) is 27.2 Å². The van der Waals surface area contributed by atoms with E-state index in [1.54, 1.807) is 7.11 Å². The average molecular weight is 217 g/mol. The topological polar surface area (TPSA) is 47.6 Å². The molecule has 0 aliphatic heterocycles. The first kappa shape index (κ1) is 14.4. The molecule has 0 amide bonds. The number of methoxy groups -OCH3 is 1. The summed E-state index contributed by atoms with van der Waals surface area (Å²) in [6, 6.07) is 0. The molecule has 0 atom stereocenters. The molecular formula is C11H23NO3. The highest BCUT2D eigenvalue weighted by atomic mass is 16.5. The Bertz CT molecular complexity index is 175. The van der Waals surface area contributed by atoms with Crippen LogP contribution in [0, 0.1) is 5.41 Å². The Labute approximate surface area is 92.3 Å². The Balaban J connectivity index is 3.34. The highest BCUT2D eigenvalue weighted by Gasteiger charge is 2.11. The van der Waals surface area contributed by atoms with Gasteiger partial charge in [0.1, 0.15) is 0 Å². The van der Waals surface area contributed by atoms with Crippen molar-refractivity contribution >= 4 is 5.97 Å². The van der Waals surface area contributed by atoms with Gasteiger partial charge >= 0.3 is 5.97 Å². The number of hydrogen-bond donors (Lipinski definition) is 1. The van der Waals surface area contributed by atoms with E-state index in [1.165, 1.54) is 0 Å². The second kappa shape index (κ2) is 7.65. The molecule has 4 heteroatoms. The maximum Gasteiger partial charge on any atom is 0.319 e. The molecule has 0 aromatic heterocycles. The zero-order valence-corrected chi connectivity index (χ0v) is 10.3. The number of esters is 1. The Hall–Kier alpha value is -0.610. The van der Waals surface area contributed by atoms with Crippen molar-refractivity contribution in [3.05, 3.63) is 0 Å². The van der Waals surface area contributed by atoms with Crippen LogP contribution in [0.2, 0.25) is 0 Å². The Morgan fingerprint density at radius 2 is 1.93 bits per heavy atom. The van der Waals surface area contributed by atoms with Crippen molar-refractivity contribution in [2.24, 2.45) is 5.41 Å². The highest BCUT2D eigenvalue weighted by molar-refractivity contribution is 5.71. The fourth-order valence-electron chi connectivity index (χ4n) is 0.887. The first-order valence-corrected chi connectivity index (χ1v) is 5.31. The Morgan fingerprint density at radius 1 is 1.27 bits per heavy atom. The SMILES string of the molecule is COCCNCC(=O)OCCC(C)(C)C. The lowest BCUT2D eigenvalue weighted by Gasteiger charge is -2.17. The molecule has 15 heavy (non-hydrogen) atoms. The van der Waals surface area contributed by atoms with Crippen molar-refractivity contribution in [1.82, 2.24) is 5.32 Å². The second-order valence-electron chi connectivity index (χ2n) is 4.70. The molecule has 0 fully saturated rings. The van der Waals surface area contributed by atoms with Gasteiger partial charge in [-0.1, -0.05) is 20.8 Å². The van der Waals surface area contributed by atoms with Crippen molar-refractivity contribution < 1.29 is 14.3 Å². The molecule has 0 radical (unpaired) electrons. The van der Waals surface area contributed by atoms with E-state index in [0.29, 0.717) is 19.8 Å². The van der Waals surface area contributed by atoms with Gasteiger partial charge in [-0.15, -0.1) is 0 Å². The summed E-state index contributed by atoms with van der Waals surface area (Å²) in [5.41, 5.74) is 0.212. The van der Waals surface area contributed by atoms with Gasteiger partial charge in [-0.05, 0) is 11.8 Å². The van der Waals surface area contributed by atoms with Crippen molar-refractivity contribution in [1.29, 1.82) is 0 Å². The van der Waals surface area contributed by atoms with Crippen LogP contribution in [0.1, 0.15) is 27.2 Å². The van der Waals surface area contributed by atoms with Crippen LogP contribution < -0.4 is 5.32 Å². The molecule has 0 bridgehead atoms. The number of ether oxygens (including phenoxy) is 2. The van der Waals surface area contributed by atoms with E-state index in [0.717, 1.165) is 6.42 Å². The molecule has 0 spiro atoms. The van der Waals surface area contributed by atoms with Gasteiger partial charge in [-0.2, -0.15) is 0 Å². The van der Waals surface area contributed by atoms with E-state index in [1.807, 2.05) is 0 Å². The number of nitrogens with one attached hydrogen (secondary N) is 1. The predicted molar refractivity (Wildman–Crippen MR) is 59.8 cm³/mol. The van der Waals surface area contributed by atoms with E-state index in [-0.39, 0.29) is 17.9 Å². The van der Waals surface area contributed by atoms with Gasteiger partial charge in [-0.3, -0.25) is 4.79 Å². The van der Waals surface area contributed by atoms with Crippen molar-refractivity contribution in [3.63, 3.8) is 0 Å². The van der Waals surface area contributed by atoms with Gasteiger partial charge in [-0.25, -0.2) is 0 Å².